The fourth-order valence-corrected chi connectivity index (χ4v) is 0.968. The van der Waals surface area contributed by atoms with Crippen LogP contribution in [0.4, 0.5) is 4.79 Å². The second-order valence-corrected chi connectivity index (χ2v) is 4.12. The Labute approximate surface area is 87.9 Å². The van der Waals surface area contributed by atoms with E-state index in [2.05, 4.69) is 10.1 Å². The summed E-state index contributed by atoms with van der Waals surface area (Å²) in [6.07, 6.45) is -1.30. The van der Waals surface area contributed by atoms with Crippen LogP contribution in [0.25, 0.3) is 0 Å². The van der Waals surface area contributed by atoms with Crippen molar-refractivity contribution in [3.05, 3.63) is 0 Å². The summed E-state index contributed by atoms with van der Waals surface area (Å²) in [5, 5.41) is 2.42. The van der Waals surface area contributed by atoms with E-state index in [4.69, 9.17) is 9.47 Å². The molecule has 0 bridgehead atoms. The summed E-state index contributed by atoms with van der Waals surface area (Å²) in [5.41, 5.74) is -0.554. The fraction of sp³-hybridized carbons (Fsp3) is 0.778. The third-order valence-electron chi connectivity index (χ3n) is 1.56. The minimum atomic E-state index is -0.725. The molecule has 1 N–H and O–H groups in total. The maximum Gasteiger partial charge on any atom is 0.407 e. The summed E-state index contributed by atoms with van der Waals surface area (Å²) < 4.78 is 14.4. The Hall–Kier alpha value is -1.30. The molecular formula is C9H15NO5. The highest BCUT2D eigenvalue weighted by Gasteiger charge is 2.28. The number of amides is 1. The largest absolute Gasteiger partial charge is 0.444 e. The van der Waals surface area contributed by atoms with Crippen molar-refractivity contribution in [1.29, 1.82) is 0 Å². The fourth-order valence-electron chi connectivity index (χ4n) is 0.968. The highest BCUT2D eigenvalue weighted by atomic mass is 16.7. The third kappa shape index (κ3) is 4.16. The van der Waals surface area contributed by atoms with Gasteiger partial charge in [-0.3, -0.25) is 0 Å². The van der Waals surface area contributed by atoms with Gasteiger partial charge in [0.15, 0.2) is 12.9 Å². The summed E-state index contributed by atoms with van der Waals surface area (Å²) in [5.74, 6) is -0.467. The van der Waals surface area contributed by atoms with Crippen LogP contribution < -0.4 is 5.32 Å². The van der Waals surface area contributed by atoms with Crippen molar-refractivity contribution in [3.63, 3.8) is 0 Å². The number of hydrogen-bond acceptors (Lipinski definition) is 5. The summed E-state index contributed by atoms with van der Waals surface area (Å²) in [6.45, 7) is 5.28. The molecule has 6 heteroatoms. The lowest BCUT2D eigenvalue weighted by molar-refractivity contribution is -0.139. The van der Waals surface area contributed by atoms with E-state index >= 15 is 0 Å². The Bertz CT molecular complexity index is 258. The summed E-state index contributed by atoms with van der Waals surface area (Å²) in [7, 11) is 0. The maximum absolute atomic E-state index is 11.2. The number of carbonyl (C=O) groups is 2. The molecule has 0 aromatic rings. The molecular weight excluding hydrogens is 202 g/mol. The molecule has 1 aliphatic heterocycles. The van der Waals surface area contributed by atoms with Gasteiger partial charge in [0.25, 0.3) is 0 Å². The lowest BCUT2D eigenvalue weighted by Crippen LogP contribution is -2.38. The van der Waals surface area contributed by atoms with Gasteiger partial charge in [-0.2, -0.15) is 0 Å². The first-order valence-electron chi connectivity index (χ1n) is 4.63. The van der Waals surface area contributed by atoms with Crippen LogP contribution in [0.2, 0.25) is 0 Å². The van der Waals surface area contributed by atoms with E-state index in [0.717, 1.165) is 0 Å². The van der Waals surface area contributed by atoms with Crippen LogP contribution in [0.15, 0.2) is 0 Å². The first-order valence-corrected chi connectivity index (χ1v) is 4.63. The Morgan fingerprint density at radius 2 is 2.27 bits per heavy atom. The molecule has 0 spiro atoms. The normalized spacial score (nSPS) is 21.0. The van der Waals surface area contributed by atoms with Gasteiger partial charge in [0.2, 0.25) is 0 Å². The Morgan fingerprint density at radius 3 is 2.73 bits per heavy atom. The lowest BCUT2D eigenvalue weighted by Gasteiger charge is -2.19. The first kappa shape index (κ1) is 11.8. The molecule has 0 aromatic heterocycles. The van der Waals surface area contributed by atoms with Gasteiger partial charge in [-0.1, -0.05) is 0 Å². The van der Waals surface area contributed by atoms with Gasteiger partial charge in [0, 0.05) is 0 Å². The molecule has 0 radical (unpaired) electrons. The monoisotopic (exact) mass is 217 g/mol. The third-order valence-corrected chi connectivity index (χ3v) is 1.56. The Morgan fingerprint density at radius 1 is 1.60 bits per heavy atom. The van der Waals surface area contributed by atoms with Crippen molar-refractivity contribution < 1.29 is 23.8 Å². The number of ether oxygens (including phenoxy) is 3. The zero-order valence-electron chi connectivity index (χ0n) is 9.03. The van der Waals surface area contributed by atoms with Crippen LogP contribution in [-0.2, 0) is 19.0 Å². The van der Waals surface area contributed by atoms with Gasteiger partial charge in [-0.15, -0.1) is 0 Å². The van der Waals surface area contributed by atoms with Gasteiger partial charge in [-0.25, -0.2) is 9.59 Å². The van der Waals surface area contributed by atoms with Gasteiger partial charge in [0.05, 0.1) is 6.54 Å². The molecule has 1 saturated heterocycles. The number of carbonyl (C=O) groups excluding carboxylic acids is 2. The van der Waals surface area contributed by atoms with E-state index in [1.54, 1.807) is 20.8 Å². The van der Waals surface area contributed by atoms with E-state index in [-0.39, 0.29) is 13.3 Å². The zero-order valence-corrected chi connectivity index (χ0v) is 9.03. The lowest BCUT2D eigenvalue weighted by atomic mass is 10.2. The number of alkyl carbamates (subject to hydrolysis) is 1. The molecule has 1 rings (SSSR count). The highest BCUT2D eigenvalue weighted by Crippen LogP contribution is 2.07. The molecule has 1 aliphatic rings. The second kappa shape index (κ2) is 4.48. The molecule has 1 fully saturated rings. The van der Waals surface area contributed by atoms with Crippen LogP contribution in [0, 0.1) is 0 Å². The molecule has 0 aromatic carbocycles. The number of hydrogen-bond donors (Lipinski definition) is 1. The van der Waals surface area contributed by atoms with E-state index in [1.165, 1.54) is 0 Å². The summed E-state index contributed by atoms with van der Waals surface area (Å²) >= 11 is 0. The van der Waals surface area contributed by atoms with Crippen LogP contribution in [0.3, 0.4) is 0 Å². The Balaban J connectivity index is 2.25. The van der Waals surface area contributed by atoms with Crippen LogP contribution in [0.1, 0.15) is 20.8 Å². The van der Waals surface area contributed by atoms with Crippen LogP contribution in [-0.4, -0.2) is 37.1 Å². The molecule has 15 heavy (non-hydrogen) atoms. The number of cyclic esters (lactones) is 1. The van der Waals surface area contributed by atoms with E-state index in [1.807, 2.05) is 0 Å². The molecule has 0 aliphatic carbocycles. The molecule has 1 unspecified atom stereocenters. The van der Waals surface area contributed by atoms with Gasteiger partial charge < -0.3 is 19.5 Å². The van der Waals surface area contributed by atoms with Crippen molar-refractivity contribution in [1.82, 2.24) is 5.32 Å². The standard InChI is InChI=1S/C9H15NO5/c1-9(2,3)15-8(12)10-4-6-7(11)14-5-13-6/h6H,4-5H2,1-3H3,(H,10,12). The smallest absolute Gasteiger partial charge is 0.407 e. The number of rotatable bonds is 2. The van der Waals surface area contributed by atoms with Crippen molar-refractivity contribution in [3.8, 4) is 0 Å². The second-order valence-electron chi connectivity index (χ2n) is 4.12. The van der Waals surface area contributed by atoms with Gasteiger partial charge in [0.1, 0.15) is 5.60 Å². The summed E-state index contributed by atoms with van der Waals surface area (Å²) in [6, 6.07) is 0. The topological polar surface area (TPSA) is 73.9 Å². The molecule has 0 saturated carbocycles. The van der Waals surface area contributed by atoms with Crippen molar-refractivity contribution in [2.45, 2.75) is 32.5 Å². The molecule has 86 valence electrons. The summed E-state index contributed by atoms with van der Waals surface area (Å²) in [4.78, 5) is 22.1. The average Bonchev–Trinajstić information content (AvgIpc) is 2.44. The van der Waals surface area contributed by atoms with E-state index in [0.29, 0.717) is 0 Å². The molecule has 1 heterocycles. The van der Waals surface area contributed by atoms with Crippen molar-refractivity contribution in [2.24, 2.45) is 0 Å². The SMILES string of the molecule is CC(C)(C)OC(=O)NCC1OCOC1=O. The quantitative estimate of drug-likeness (QED) is 0.678. The molecule has 1 amide bonds. The predicted octanol–water partition coefficient (Wildman–Crippen LogP) is 0.411. The van der Waals surface area contributed by atoms with Crippen LogP contribution >= 0.6 is 0 Å². The van der Waals surface area contributed by atoms with Crippen molar-refractivity contribution in [2.75, 3.05) is 13.3 Å². The maximum atomic E-state index is 11.2. The van der Waals surface area contributed by atoms with Gasteiger partial charge in [-0.05, 0) is 20.8 Å². The minimum Gasteiger partial charge on any atom is -0.444 e. The van der Waals surface area contributed by atoms with E-state index in [9.17, 15) is 9.59 Å². The highest BCUT2D eigenvalue weighted by molar-refractivity contribution is 5.77. The predicted molar refractivity (Wildman–Crippen MR) is 50.1 cm³/mol. The zero-order chi connectivity index (χ0) is 11.5. The number of nitrogens with one attached hydrogen (secondary N) is 1. The van der Waals surface area contributed by atoms with Crippen molar-refractivity contribution >= 4 is 12.1 Å². The molecule has 6 nitrogen and oxygen atoms in total. The average molecular weight is 217 g/mol. The molecule has 1 atom stereocenters. The number of esters is 1. The first-order chi connectivity index (χ1) is 6.88. The van der Waals surface area contributed by atoms with Gasteiger partial charge >= 0.3 is 12.1 Å². The van der Waals surface area contributed by atoms with Crippen LogP contribution in [0.5, 0.6) is 0 Å². The van der Waals surface area contributed by atoms with E-state index < -0.39 is 23.8 Å². The Kier molecular flexibility index (Phi) is 3.52. The minimum absolute atomic E-state index is 0.0561.